The summed E-state index contributed by atoms with van der Waals surface area (Å²) in [5.74, 6) is 0.205. The lowest BCUT2D eigenvalue weighted by Crippen LogP contribution is -2.48. The van der Waals surface area contributed by atoms with Crippen molar-refractivity contribution in [1.82, 2.24) is 15.1 Å². The molecular weight excluding hydrogens is 422 g/mol. The Morgan fingerprint density at radius 2 is 1.79 bits per heavy atom. The van der Waals surface area contributed by atoms with Crippen molar-refractivity contribution in [1.29, 1.82) is 0 Å². The Bertz CT molecular complexity index is 866. The van der Waals surface area contributed by atoms with Crippen molar-refractivity contribution in [2.75, 3.05) is 32.7 Å². The van der Waals surface area contributed by atoms with Crippen LogP contribution in [0.2, 0.25) is 0 Å². The molecule has 0 radical (unpaired) electrons. The molecule has 2 amide bonds. The van der Waals surface area contributed by atoms with Crippen LogP contribution < -0.4 is 5.32 Å². The van der Waals surface area contributed by atoms with E-state index in [-0.39, 0.29) is 29.2 Å². The number of benzene rings is 1. The maximum absolute atomic E-state index is 13.2. The molecule has 0 bridgehead atoms. The first-order valence-corrected chi connectivity index (χ1v) is 13.6. The molecule has 2 saturated heterocycles. The molecule has 1 spiro atoms. The third-order valence-electron chi connectivity index (χ3n) is 8.57. The van der Waals surface area contributed by atoms with E-state index in [1.54, 1.807) is 0 Å². The number of nitrogens with zero attached hydrogens (tertiary/aromatic N) is 2. The van der Waals surface area contributed by atoms with Gasteiger partial charge >= 0.3 is 0 Å². The fourth-order valence-electron chi connectivity index (χ4n) is 6.29. The fraction of sp³-hybridized carbons (Fsp3) is 0.724. The lowest BCUT2D eigenvalue weighted by molar-refractivity contribution is -0.135. The number of piperidine rings is 2. The van der Waals surface area contributed by atoms with E-state index in [1.165, 1.54) is 50.0 Å². The standard InChI is InChI=1S/C29H45N3O2/c1-5-26(33)32-17-8-9-22(21-32)27(34)30-25-12-13-29(24-11-7-6-10-23(24)25)15-19-31(20-16-29)18-14-28(2,3)4/h6-7,10-11,22,25H,5,8-9,12-21H2,1-4H3,(H,30,34)/t22?,25-/m1/s1. The monoisotopic (exact) mass is 467 g/mol. The van der Waals surface area contributed by atoms with Crippen molar-refractivity contribution in [3.05, 3.63) is 35.4 Å². The predicted octanol–water partition coefficient (Wildman–Crippen LogP) is 5.06. The molecule has 2 heterocycles. The molecule has 5 heteroatoms. The average molecular weight is 468 g/mol. The molecule has 0 aromatic heterocycles. The number of nitrogens with one attached hydrogen (secondary N) is 1. The van der Waals surface area contributed by atoms with Crippen molar-refractivity contribution in [3.63, 3.8) is 0 Å². The molecule has 34 heavy (non-hydrogen) atoms. The van der Waals surface area contributed by atoms with E-state index in [0.717, 1.165) is 32.2 Å². The SMILES string of the molecule is CCC(=O)N1CCCC(C(=O)N[C@@H]2CCC3(CCN(CCC(C)(C)C)CC3)c3ccccc32)C1. The highest BCUT2D eigenvalue weighted by Crippen LogP contribution is 2.48. The maximum Gasteiger partial charge on any atom is 0.225 e. The van der Waals surface area contributed by atoms with Crippen molar-refractivity contribution >= 4 is 11.8 Å². The topological polar surface area (TPSA) is 52.7 Å². The van der Waals surface area contributed by atoms with Crippen molar-refractivity contribution in [2.45, 2.75) is 90.5 Å². The van der Waals surface area contributed by atoms with E-state index in [2.05, 4.69) is 55.3 Å². The minimum absolute atomic E-state index is 0.0849. The number of rotatable bonds is 5. The summed E-state index contributed by atoms with van der Waals surface area (Å²) in [5, 5.41) is 3.40. The van der Waals surface area contributed by atoms with Crippen molar-refractivity contribution < 1.29 is 9.59 Å². The zero-order valence-electron chi connectivity index (χ0n) is 21.9. The minimum atomic E-state index is -0.0849. The highest BCUT2D eigenvalue weighted by Gasteiger charge is 2.42. The Labute approximate surface area is 206 Å². The van der Waals surface area contributed by atoms with Crippen LogP contribution >= 0.6 is 0 Å². The number of fused-ring (bicyclic) bond motifs is 2. The van der Waals surface area contributed by atoms with Crippen molar-refractivity contribution in [3.8, 4) is 0 Å². The summed E-state index contributed by atoms with van der Waals surface area (Å²) in [7, 11) is 0. The van der Waals surface area contributed by atoms with Gasteiger partial charge in [-0.1, -0.05) is 52.0 Å². The summed E-state index contributed by atoms with van der Waals surface area (Å²) in [4.78, 5) is 29.9. The van der Waals surface area contributed by atoms with Crippen LogP contribution in [-0.4, -0.2) is 54.3 Å². The average Bonchev–Trinajstić information content (AvgIpc) is 2.84. The minimum Gasteiger partial charge on any atom is -0.349 e. The predicted molar refractivity (Wildman–Crippen MR) is 138 cm³/mol. The molecule has 1 aromatic rings. The van der Waals surface area contributed by atoms with E-state index in [1.807, 2.05) is 11.8 Å². The number of amides is 2. The molecule has 2 aliphatic heterocycles. The normalized spacial score (nSPS) is 25.1. The lowest BCUT2D eigenvalue weighted by atomic mass is 9.63. The highest BCUT2D eigenvalue weighted by atomic mass is 16.2. The van der Waals surface area contributed by atoms with Crippen LogP contribution in [0, 0.1) is 11.3 Å². The van der Waals surface area contributed by atoms with Crippen LogP contribution in [0.25, 0.3) is 0 Å². The first-order chi connectivity index (χ1) is 16.2. The van der Waals surface area contributed by atoms with Gasteiger partial charge in [-0.15, -0.1) is 0 Å². The first-order valence-electron chi connectivity index (χ1n) is 13.6. The Balaban J connectivity index is 1.41. The van der Waals surface area contributed by atoms with Gasteiger partial charge in [0.25, 0.3) is 0 Å². The van der Waals surface area contributed by atoms with Gasteiger partial charge in [-0.25, -0.2) is 0 Å². The van der Waals surface area contributed by atoms with Gasteiger partial charge in [0.05, 0.1) is 12.0 Å². The van der Waals surface area contributed by atoms with Crippen LogP contribution in [0.1, 0.15) is 96.2 Å². The number of hydrogen-bond donors (Lipinski definition) is 1. The van der Waals surface area contributed by atoms with Gasteiger partial charge in [0.2, 0.25) is 11.8 Å². The van der Waals surface area contributed by atoms with Gasteiger partial charge in [0.15, 0.2) is 0 Å². The van der Waals surface area contributed by atoms with E-state index in [4.69, 9.17) is 0 Å². The van der Waals surface area contributed by atoms with Crippen LogP contribution in [0.4, 0.5) is 0 Å². The van der Waals surface area contributed by atoms with E-state index < -0.39 is 0 Å². The molecule has 188 valence electrons. The van der Waals surface area contributed by atoms with Crippen LogP contribution in [-0.2, 0) is 15.0 Å². The fourth-order valence-corrected chi connectivity index (χ4v) is 6.29. The van der Waals surface area contributed by atoms with E-state index >= 15 is 0 Å². The Hall–Kier alpha value is -1.88. The van der Waals surface area contributed by atoms with E-state index in [0.29, 0.717) is 18.4 Å². The maximum atomic E-state index is 13.2. The quantitative estimate of drug-likeness (QED) is 0.659. The zero-order chi connectivity index (χ0) is 24.3. The molecule has 2 fully saturated rings. The molecule has 1 aliphatic carbocycles. The molecule has 1 unspecified atom stereocenters. The molecular formula is C29H45N3O2. The van der Waals surface area contributed by atoms with Crippen LogP contribution in [0.15, 0.2) is 24.3 Å². The number of carbonyl (C=O) groups excluding carboxylic acids is 2. The molecule has 1 N–H and O–H groups in total. The molecule has 3 aliphatic rings. The number of carbonyl (C=O) groups is 2. The third-order valence-corrected chi connectivity index (χ3v) is 8.57. The Morgan fingerprint density at radius 1 is 1.06 bits per heavy atom. The Morgan fingerprint density at radius 3 is 2.50 bits per heavy atom. The van der Waals surface area contributed by atoms with Gasteiger partial charge in [-0.2, -0.15) is 0 Å². The molecule has 5 nitrogen and oxygen atoms in total. The van der Waals surface area contributed by atoms with Gasteiger partial charge < -0.3 is 15.1 Å². The second kappa shape index (κ2) is 10.4. The largest absolute Gasteiger partial charge is 0.349 e. The summed E-state index contributed by atoms with van der Waals surface area (Å²) in [6.07, 6.45) is 8.13. The Kier molecular flexibility index (Phi) is 7.71. The van der Waals surface area contributed by atoms with Crippen molar-refractivity contribution in [2.24, 2.45) is 11.3 Å². The highest BCUT2D eigenvalue weighted by molar-refractivity contribution is 5.81. The number of likely N-dealkylation sites (tertiary alicyclic amines) is 2. The number of hydrogen-bond acceptors (Lipinski definition) is 3. The molecule has 2 atom stereocenters. The van der Waals surface area contributed by atoms with Crippen LogP contribution in [0.3, 0.4) is 0 Å². The second-order valence-electron chi connectivity index (χ2n) is 12.2. The lowest BCUT2D eigenvalue weighted by Gasteiger charge is -2.47. The summed E-state index contributed by atoms with van der Waals surface area (Å²) in [6.45, 7) is 13.8. The molecule has 4 rings (SSSR count). The molecule has 1 aromatic carbocycles. The molecule has 0 saturated carbocycles. The van der Waals surface area contributed by atoms with Gasteiger partial charge in [-0.05, 0) is 86.5 Å². The second-order valence-corrected chi connectivity index (χ2v) is 12.2. The summed E-state index contributed by atoms with van der Waals surface area (Å²) in [6, 6.07) is 8.94. The smallest absolute Gasteiger partial charge is 0.225 e. The summed E-state index contributed by atoms with van der Waals surface area (Å²) in [5.41, 5.74) is 3.43. The van der Waals surface area contributed by atoms with Gasteiger partial charge in [0, 0.05) is 19.5 Å². The summed E-state index contributed by atoms with van der Waals surface area (Å²) >= 11 is 0. The van der Waals surface area contributed by atoms with Crippen LogP contribution in [0.5, 0.6) is 0 Å². The van der Waals surface area contributed by atoms with Gasteiger partial charge in [0.1, 0.15) is 0 Å². The summed E-state index contributed by atoms with van der Waals surface area (Å²) < 4.78 is 0. The third kappa shape index (κ3) is 5.67. The zero-order valence-corrected chi connectivity index (χ0v) is 21.9. The first kappa shape index (κ1) is 25.2. The van der Waals surface area contributed by atoms with E-state index in [9.17, 15) is 9.59 Å². The van der Waals surface area contributed by atoms with Gasteiger partial charge in [-0.3, -0.25) is 9.59 Å².